The van der Waals surface area contributed by atoms with E-state index in [0.29, 0.717) is 22.3 Å². The van der Waals surface area contributed by atoms with Gasteiger partial charge in [0.05, 0.1) is 8.22 Å². The van der Waals surface area contributed by atoms with Crippen molar-refractivity contribution in [3.8, 4) is 67.5 Å². The summed E-state index contributed by atoms with van der Waals surface area (Å²) >= 11 is 0. The van der Waals surface area contributed by atoms with Gasteiger partial charge < -0.3 is 8.83 Å². The van der Waals surface area contributed by atoms with Crippen molar-refractivity contribution in [2.45, 2.75) is 0 Å². The lowest BCUT2D eigenvalue weighted by Gasteiger charge is -2.09. The van der Waals surface area contributed by atoms with E-state index in [9.17, 15) is 4.11 Å². The van der Waals surface area contributed by atoms with E-state index in [0.717, 1.165) is 38.6 Å². The molecule has 3 heterocycles. The van der Waals surface area contributed by atoms with E-state index in [1.165, 1.54) is 0 Å². The molecule has 0 fully saturated rings. The molecule has 0 atom stereocenters. The van der Waals surface area contributed by atoms with Crippen LogP contribution in [-0.2, 0) is 0 Å². The van der Waals surface area contributed by atoms with Gasteiger partial charge in [-0.2, -0.15) is 0 Å². The maximum atomic E-state index is 9.62. The molecule has 0 saturated carbocycles. The first-order valence-corrected chi connectivity index (χ1v) is 18.2. The highest BCUT2D eigenvalue weighted by atomic mass is 16.3. The van der Waals surface area contributed by atoms with Gasteiger partial charge in [0.1, 0.15) is 22.3 Å². The number of benzene rings is 8. The third-order valence-electron chi connectivity index (χ3n) is 10.1. The number of fused-ring (bicyclic) bond motifs is 6. The molecule has 5 nitrogen and oxygen atoms in total. The van der Waals surface area contributed by atoms with Crippen molar-refractivity contribution in [1.29, 1.82) is 0 Å². The normalized spacial score (nSPS) is 13.1. The molecule has 0 unspecified atom stereocenters. The van der Waals surface area contributed by atoms with Gasteiger partial charge in [0.2, 0.25) is 0 Å². The zero-order valence-electron chi connectivity index (χ0n) is 35.6. The summed E-state index contributed by atoms with van der Waals surface area (Å²) in [5.41, 5.74) is 7.21. The largest absolute Gasteiger partial charge is 0.456 e. The van der Waals surface area contributed by atoms with Gasteiger partial charge in [0.25, 0.3) is 0 Å². The van der Waals surface area contributed by atoms with E-state index in [4.69, 9.17) is 27.9 Å². The molecule has 0 aliphatic heterocycles. The predicted molar refractivity (Wildman–Crippen MR) is 227 cm³/mol. The third kappa shape index (κ3) is 5.53. The number of para-hydroxylation sites is 1. The molecule has 0 aliphatic rings. The number of rotatable bonds is 6. The SMILES string of the molecule is [2H]c1c([2H])c(-c2cccc(-c3ccccc3)c2)c2c(oc3c([2H])c(-c4nc(-c5ccc(-c6ccccc6)cc5)nc(-c5ccc6c(c5)oc5ccccc56)n4)c([2H])c([2H])c32)c1[2H]. The smallest absolute Gasteiger partial charge is 0.164 e. The number of hydrogen-bond acceptors (Lipinski definition) is 5. The summed E-state index contributed by atoms with van der Waals surface area (Å²) in [6.07, 6.45) is 0. The van der Waals surface area contributed by atoms with Crippen LogP contribution in [0.2, 0.25) is 0 Å². The Bertz CT molecular complexity index is 3590. The first-order valence-electron chi connectivity index (χ1n) is 21.2. The highest BCUT2D eigenvalue weighted by Gasteiger charge is 2.18. The summed E-state index contributed by atoms with van der Waals surface area (Å²) in [7, 11) is 0. The van der Waals surface area contributed by atoms with Gasteiger partial charge in [0.15, 0.2) is 17.5 Å². The zero-order valence-corrected chi connectivity index (χ0v) is 29.6. The lowest BCUT2D eigenvalue weighted by atomic mass is 9.96. The van der Waals surface area contributed by atoms with Gasteiger partial charge in [-0.1, -0.05) is 146 Å². The molecule has 11 aromatic rings. The van der Waals surface area contributed by atoms with E-state index in [2.05, 4.69) is 0 Å². The number of hydrogen-bond donors (Lipinski definition) is 0. The Morgan fingerprint density at radius 1 is 0.357 bits per heavy atom. The fraction of sp³-hybridized carbons (Fsp3) is 0. The van der Waals surface area contributed by atoms with E-state index < -0.39 is 0 Å². The summed E-state index contributed by atoms with van der Waals surface area (Å²) in [5.74, 6) is 0.536. The standard InChI is InChI=1S/C51H31N3O2/c1-3-11-32(12-4-1)34-21-23-35(24-22-34)49-52-50(38-25-27-42-41-17-7-8-19-44(41)55-46(42)30-38)54-51(53-49)39-26-28-43-47(31-39)56-45-20-10-18-40(48(43)45)37-16-9-15-36(29-37)33-13-5-2-6-14-33/h1-31H/i10D,18D,20D,26D,28D,31D. The minimum absolute atomic E-state index is 0.0167. The lowest BCUT2D eigenvalue weighted by molar-refractivity contribution is 0.668. The Kier molecular flexibility index (Phi) is 6.10. The van der Waals surface area contributed by atoms with Crippen molar-refractivity contribution < 1.29 is 17.1 Å². The minimum Gasteiger partial charge on any atom is -0.456 e. The second-order valence-corrected chi connectivity index (χ2v) is 13.5. The Balaban J connectivity index is 1.13. The molecule has 0 amide bonds. The maximum absolute atomic E-state index is 9.62. The molecule has 0 bridgehead atoms. The van der Waals surface area contributed by atoms with Crippen molar-refractivity contribution >= 4 is 43.9 Å². The van der Waals surface area contributed by atoms with Crippen LogP contribution >= 0.6 is 0 Å². The van der Waals surface area contributed by atoms with Gasteiger partial charge in [0, 0.05) is 38.2 Å². The predicted octanol–water partition coefficient (Wildman–Crippen LogP) is 13.7. The number of aromatic nitrogens is 3. The van der Waals surface area contributed by atoms with Crippen molar-refractivity contribution in [2.75, 3.05) is 0 Å². The summed E-state index contributed by atoms with van der Waals surface area (Å²) in [6, 6.07) is 46.7. The fourth-order valence-electron chi connectivity index (χ4n) is 7.31. The molecule has 0 spiro atoms. The monoisotopic (exact) mass is 723 g/mol. The van der Waals surface area contributed by atoms with E-state index in [-0.39, 0.29) is 86.8 Å². The van der Waals surface area contributed by atoms with E-state index >= 15 is 0 Å². The molecule has 11 rings (SSSR count). The molecule has 0 saturated heterocycles. The highest BCUT2D eigenvalue weighted by molar-refractivity contribution is 6.13. The fourth-order valence-corrected chi connectivity index (χ4v) is 7.31. The average molecular weight is 724 g/mol. The van der Waals surface area contributed by atoms with Crippen LogP contribution in [0, 0.1) is 0 Å². The maximum Gasteiger partial charge on any atom is 0.164 e. The van der Waals surface area contributed by atoms with Crippen LogP contribution in [0.5, 0.6) is 0 Å². The van der Waals surface area contributed by atoms with E-state index in [1.807, 2.05) is 152 Å². The van der Waals surface area contributed by atoms with Crippen molar-refractivity contribution in [3.05, 3.63) is 188 Å². The Labute approximate surface area is 330 Å². The van der Waals surface area contributed by atoms with Crippen molar-refractivity contribution in [3.63, 3.8) is 0 Å². The Morgan fingerprint density at radius 2 is 0.946 bits per heavy atom. The zero-order chi connectivity index (χ0) is 42.2. The van der Waals surface area contributed by atoms with Crippen LogP contribution < -0.4 is 0 Å². The highest BCUT2D eigenvalue weighted by Crippen LogP contribution is 2.40. The van der Waals surface area contributed by atoms with Crippen LogP contribution in [0.1, 0.15) is 8.22 Å². The molecule has 0 N–H and O–H groups in total. The quantitative estimate of drug-likeness (QED) is 0.171. The first kappa shape index (κ1) is 26.2. The van der Waals surface area contributed by atoms with Gasteiger partial charge >= 0.3 is 0 Å². The Hall–Kier alpha value is -7.63. The number of nitrogens with zero attached hydrogens (tertiary/aromatic N) is 3. The topological polar surface area (TPSA) is 65.0 Å². The molecular formula is C51H31N3O2. The molecule has 3 aromatic heterocycles. The number of furan rings is 2. The van der Waals surface area contributed by atoms with Gasteiger partial charge in [-0.25, -0.2) is 15.0 Å². The molecule has 8 aromatic carbocycles. The van der Waals surface area contributed by atoms with Crippen LogP contribution in [0.3, 0.4) is 0 Å². The molecule has 5 heteroatoms. The van der Waals surface area contributed by atoms with Crippen molar-refractivity contribution in [1.82, 2.24) is 15.0 Å². The minimum atomic E-state index is -0.354. The summed E-state index contributed by atoms with van der Waals surface area (Å²) in [5, 5.41) is 2.23. The second kappa shape index (κ2) is 13.0. The van der Waals surface area contributed by atoms with Gasteiger partial charge in [-0.05, 0) is 75.8 Å². The molecule has 0 aliphatic carbocycles. The Morgan fingerprint density at radius 3 is 1.75 bits per heavy atom. The van der Waals surface area contributed by atoms with Gasteiger partial charge in [-0.3, -0.25) is 0 Å². The van der Waals surface area contributed by atoms with Crippen LogP contribution in [0.15, 0.2) is 197 Å². The van der Waals surface area contributed by atoms with Crippen LogP contribution in [0.25, 0.3) is 111 Å². The molecule has 262 valence electrons. The summed E-state index contributed by atoms with van der Waals surface area (Å²) in [4.78, 5) is 14.7. The van der Waals surface area contributed by atoms with Gasteiger partial charge in [-0.15, -0.1) is 0 Å². The van der Waals surface area contributed by atoms with E-state index in [1.54, 1.807) is 0 Å². The summed E-state index contributed by atoms with van der Waals surface area (Å²) < 4.78 is 68.0. The van der Waals surface area contributed by atoms with Crippen LogP contribution in [-0.4, -0.2) is 15.0 Å². The summed E-state index contributed by atoms with van der Waals surface area (Å²) in [6.45, 7) is 0. The average Bonchev–Trinajstić information content (AvgIpc) is 3.90. The molecule has 56 heavy (non-hydrogen) atoms. The van der Waals surface area contributed by atoms with Crippen molar-refractivity contribution in [2.24, 2.45) is 0 Å². The molecular weight excluding hydrogens is 687 g/mol. The molecule has 0 radical (unpaired) electrons. The first-order chi connectivity index (χ1) is 30.2. The third-order valence-corrected chi connectivity index (χ3v) is 10.1. The van der Waals surface area contributed by atoms with Crippen LogP contribution in [0.4, 0.5) is 0 Å². The second-order valence-electron chi connectivity index (χ2n) is 13.5. The lowest BCUT2D eigenvalue weighted by Crippen LogP contribution is -2.00.